The van der Waals surface area contributed by atoms with Crippen LogP contribution >= 0.6 is 0 Å². The lowest BCUT2D eigenvalue weighted by Crippen LogP contribution is -2.30. The van der Waals surface area contributed by atoms with Crippen LogP contribution in [0.1, 0.15) is 38.0 Å². The highest BCUT2D eigenvalue weighted by molar-refractivity contribution is 5.56. The highest BCUT2D eigenvalue weighted by Gasteiger charge is 2.23. The molecule has 6 heteroatoms. The molecule has 2 aromatic heterocycles. The van der Waals surface area contributed by atoms with Crippen molar-refractivity contribution < 1.29 is 4.52 Å². The first-order valence-electron chi connectivity index (χ1n) is 5.88. The minimum absolute atomic E-state index is 0.443. The van der Waals surface area contributed by atoms with Crippen LogP contribution < -0.4 is 5.73 Å². The molecule has 0 amide bonds. The summed E-state index contributed by atoms with van der Waals surface area (Å²) in [5, 5.41) is 12.1. The summed E-state index contributed by atoms with van der Waals surface area (Å²) < 4.78 is 5.27. The third kappa shape index (κ3) is 2.38. The first kappa shape index (κ1) is 12.6. The lowest BCUT2D eigenvalue weighted by molar-refractivity contribution is 0.396. The van der Waals surface area contributed by atoms with E-state index in [0.717, 1.165) is 23.4 Å². The minimum Gasteiger partial charge on any atom is -0.334 e. The Hall–Kier alpha value is -1.82. The van der Waals surface area contributed by atoms with E-state index < -0.39 is 5.54 Å². The SMILES string of the molecule is CCc1nnc(C)cc1-c1nc(C(C)(C)N)no1. The van der Waals surface area contributed by atoms with Crippen molar-refractivity contribution in [2.45, 2.75) is 39.7 Å². The molecule has 2 aromatic rings. The quantitative estimate of drug-likeness (QED) is 0.885. The van der Waals surface area contributed by atoms with E-state index in [1.165, 1.54) is 0 Å². The maximum atomic E-state index is 5.94. The number of hydrogen-bond acceptors (Lipinski definition) is 6. The number of hydrogen-bond donors (Lipinski definition) is 1. The molecular weight excluding hydrogens is 230 g/mol. The summed E-state index contributed by atoms with van der Waals surface area (Å²) in [5.41, 5.74) is 7.79. The normalized spacial score (nSPS) is 11.8. The van der Waals surface area contributed by atoms with Crippen molar-refractivity contribution in [1.29, 1.82) is 0 Å². The van der Waals surface area contributed by atoms with E-state index in [-0.39, 0.29) is 0 Å². The summed E-state index contributed by atoms with van der Waals surface area (Å²) in [4.78, 5) is 4.33. The van der Waals surface area contributed by atoms with Crippen LogP contribution in [-0.4, -0.2) is 20.3 Å². The molecule has 6 nitrogen and oxygen atoms in total. The fourth-order valence-corrected chi connectivity index (χ4v) is 1.56. The molecule has 18 heavy (non-hydrogen) atoms. The number of nitrogens with two attached hydrogens (primary N) is 1. The van der Waals surface area contributed by atoms with Crippen molar-refractivity contribution in [3.8, 4) is 11.5 Å². The van der Waals surface area contributed by atoms with Crippen molar-refractivity contribution in [3.63, 3.8) is 0 Å². The Labute approximate surface area is 106 Å². The van der Waals surface area contributed by atoms with Crippen molar-refractivity contribution in [3.05, 3.63) is 23.3 Å². The van der Waals surface area contributed by atoms with Crippen molar-refractivity contribution in [2.75, 3.05) is 0 Å². The Morgan fingerprint density at radius 1 is 1.33 bits per heavy atom. The summed E-state index contributed by atoms with van der Waals surface area (Å²) in [6.45, 7) is 7.55. The first-order valence-corrected chi connectivity index (χ1v) is 5.88. The first-order chi connectivity index (χ1) is 8.41. The van der Waals surface area contributed by atoms with Crippen LogP contribution in [0.5, 0.6) is 0 Å². The monoisotopic (exact) mass is 247 g/mol. The molecular formula is C12H17N5O. The average Bonchev–Trinajstić information content (AvgIpc) is 2.77. The van der Waals surface area contributed by atoms with E-state index in [9.17, 15) is 0 Å². The highest BCUT2D eigenvalue weighted by atomic mass is 16.5. The van der Waals surface area contributed by atoms with Crippen LogP contribution in [0.2, 0.25) is 0 Å². The van der Waals surface area contributed by atoms with Crippen molar-refractivity contribution >= 4 is 0 Å². The molecule has 0 aliphatic carbocycles. The molecule has 96 valence electrons. The molecule has 0 aliphatic heterocycles. The van der Waals surface area contributed by atoms with E-state index in [1.54, 1.807) is 0 Å². The van der Waals surface area contributed by atoms with Gasteiger partial charge in [-0.3, -0.25) is 0 Å². The standard InChI is InChI=1S/C12H17N5O/c1-5-9-8(6-7(2)15-16-9)10-14-11(17-18-10)12(3,4)13/h6H,5,13H2,1-4H3. The number of aryl methyl sites for hydroxylation is 2. The molecule has 0 spiro atoms. The summed E-state index contributed by atoms with van der Waals surface area (Å²) in [6.07, 6.45) is 0.756. The number of nitrogens with zero attached hydrogens (tertiary/aromatic N) is 4. The molecule has 2 heterocycles. The van der Waals surface area contributed by atoms with Gasteiger partial charge in [-0.15, -0.1) is 0 Å². The van der Waals surface area contributed by atoms with Crippen LogP contribution in [0.3, 0.4) is 0 Å². The molecule has 0 aliphatic rings. The van der Waals surface area contributed by atoms with Gasteiger partial charge in [0.1, 0.15) is 0 Å². The summed E-state index contributed by atoms with van der Waals surface area (Å²) in [7, 11) is 0. The van der Waals surface area contributed by atoms with Gasteiger partial charge in [0.05, 0.1) is 22.5 Å². The van der Waals surface area contributed by atoms with Gasteiger partial charge in [0.2, 0.25) is 0 Å². The molecule has 2 N–H and O–H groups in total. The zero-order chi connectivity index (χ0) is 13.3. The van der Waals surface area contributed by atoms with Gasteiger partial charge >= 0.3 is 0 Å². The fourth-order valence-electron chi connectivity index (χ4n) is 1.56. The molecule has 0 radical (unpaired) electrons. The van der Waals surface area contributed by atoms with Gasteiger partial charge in [0.15, 0.2) is 5.82 Å². The molecule has 0 saturated carbocycles. The maximum absolute atomic E-state index is 5.94. The van der Waals surface area contributed by atoms with E-state index in [2.05, 4.69) is 20.3 Å². The number of aromatic nitrogens is 4. The smallest absolute Gasteiger partial charge is 0.259 e. The molecule has 0 unspecified atom stereocenters. The van der Waals surface area contributed by atoms with Crippen LogP contribution in [0.25, 0.3) is 11.5 Å². The zero-order valence-electron chi connectivity index (χ0n) is 11.1. The second-order valence-electron chi connectivity index (χ2n) is 4.84. The summed E-state index contributed by atoms with van der Waals surface area (Å²) in [6, 6.07) is 1.90. The lowest BCUT2D eigenvalue weighted by Gasteiger charge is -2.11. The molecule has 0 aromatic carbocycles. The van der Waals surface area contributed by atoms with Crippen LogP contribution in [0, 0.1) is 6.92 Å². The van der Waals surface area contributed by atoms with Crippen LogP contribution in [-0.2, 0) is 12.0 Å². The van der Waals surface area contributed by atoms with Crippen LogP contribution in [0.4, 0.5) is 0 Å². The largest absolute Gasteiger partial charge is 0.334 e. The fraction of sp³-hybridized carbons (Fsp3) is 0.500. The molecule has 0 fully saturated rings. The molecule has 0 atom stereocenters. The Morgan fingerprint density at radius 3 is 2.61 bits per heavy atom. The molecule has 0 saturated heterocycles. The average molecular weight is 247 g/mol. The predicted molar refractivity (Wildman–Crippen MR) is 66.7 cm³/mol. The number of rotatable bonds is 3. The Morgan fingerprint density at radius 2 is 2.06 bits per heavy atom. The van der Waals surface area contributed by atoms with Crippen molar-refractivity contribution in [2.24, 2.45) is 5.73 Å². The Balaban J connectivity index is 2.49. The van der Waals surface area contributed by atoms with Gasteiger partial charge in [-0.05, 0) is 33.3 Å². The Bertz CT molecular complexity index is 556. The van der Waals surface area contributed by atoms with Gasteiger partial charge in [-0.1, -0.05) is 12.1 Å². The van der Waals surface area contributed by atoms with Gasteiger partial charge in [-0.25, -0.2) is 0 Å². The van der Waals surface area contributed by atoms with Gasteiger partial charge < -0.3 is 10.3 Å². The summed E-state index contributed by atoms with van der Waals surface area (Å²) >= 11 is 0. The van der Waals surface area contributed by atoms with E-state index >= 15 is 0 Å². The third-order valence-electron chi connectivity index (χ3n) is 2.56. The van der Waals surface area contributed by atoms with Gasteiger partial charge in [0.25, 0.3) is 5.89 Å². The minimum atomic E-state index is -0.621. The zero-order valence-corrected chi connectivity index (χ0v) is 11.1. The predicted octanol–water partition coefficient (Wildman–Crippen LogP) is 1.59. The van der Waals surface area contributed by atoms with Gasteiger partial charge in [-0.2, -0.15) is 15.2 Å². The topological polar surface area (TPSA) is 90.7 Å². The highest BCUT2D eigenvalue weighted by Crippen LogP contribution is 2.23. The second-order valence-corrected chi connectivity index (χ2v) is 4.84. The lowest BCUT2D eigenvalue weighted by atomic mass is 10.1. The molecule has 2 rings (SSSR count). The molecule has 0 bridgehead atoms. The van der Waals surface area contributed by atoms with E-state index in [1.807, 2.05) is 33.8 Å². The van der Waals surface area contributed by atoms with Crippen molar-refractivity contribution in [1.82, 2.24) is 20.3 Å². The third-order valence-corrected chi connectivity index (χ3v) is 2.56. The summed E-state index contributed by atoms with van der Waals surface area (Å²) in [5.74, 6) is 0.924. The second kappa shape index (κ2) is 4.45. The van der Waals surface area contributed by atoms with Gasteiger partial charge in [0, 0.05) is 0 Å². The Kier molecular flexibility index (Phi) is 3.13. The van der Waals surface area contributed by atoms with E-state index in [0.29, 0.717) is 11.7 Å². The van der Waals surface area contributed by atoms with Crippen LogP contribution in [0.15, 0.2) is 10.6 Å². The van der Waals surface area contributed by atoms with E-state index in [4.69, 9.17) is 10.3 Å². The maximum Gasteiger partial charge on any atom is 0.259 e.